The predicted octanol–water partition coefficient (Wildman–Crippen LogP) is 4.97. The van der Waals surface area contributed by atoms with Gasteiger partial charge in [0.05, 0.1) is 13.2 Å². The van der Waals surface area contributed by atoms with Crippen molar-refractivity contribution in [3.8, 4) is 0 Å². The van der Waals surface area contributed by atoms with Crippen molar-refractivity contribution in [3.63, 3.8) is 0 Å². The van der Waals surface area contributed by atoms with Crippen LogP contribution in [0.3, 0.4) is 0 Å². The molecule has 0 aromatic heterocycles. The monoisotopic (exact) mass is 341 g/mol. The fourth-order valence-corrected chi connectivity index (χ4v) is 9.72. The third-order valence-corrected chi connectivity index (χ3v) is 11.5. The normalized spacial score (nSPS) is 17.7. The first-order chi connectivity index (χ1) is 10.7. The lowest BCUT2D eigenvalue weighted by molar-refractivity contribution is 0.124. The van der Waals surface area contributed by atoms with Crippen LogP contribution in [0.2, 0.25) is 16.6 Å². The zero-order chi connectivity index (χ0) is 17.8. The molecule has 0 saturated heterocycles. The Morgan fingerprint density at radius 1 is 1.09 bits per heavy atom. The average Bonchev–Trinajstić information content (AvgIpc) is 2.50. The number of amides is 1. The molecular formula is C18H35NO3Si. The molecule has 0 bridgehead atoms. The summed E-state index contributed by atoms with van der Waals surface area (Å²) >= 11 is 0. The number of carbonyl (C=O) groups is 1. The zero-order valence-corrected chi connectivity index (χ0v) is 17.2. The molecule has 0 radical (unpaired) electrons. The highest BCUT2D eigenvalue weighted by Crippen LogP contribution is 2.43. The van der Waals surface area contributed by atoms with Crippen LogP contribution in [0.25, 0.3) is 0 Å². The van der Waals surface area contributed by atoms with Crippen LogP contribution < -0.4 is 0 Å². The van der Waals surface area contributed by atoms with E-state index in [1.165, 1.54) is 12.7 Å². The lowest BCUT2D eigenvalue weighted by Gasteiger charge is -2.45. The van der Waals surface area contributed by atoms with E-state index in [1.54, 1.807) is 4.90 Å². The fraction of sp³-hybridized carbons (Fsp3) is 0.833. The van der Waals surface area contributed by atoms with Gasteiger partial charge in [-0.1, -0.05) is 47.6 Å². The second-order valence-corrected chi connectivity index (χ2v) is 12.9. The molecule has 1 heterocycles. The Hall–Kier alpha value is -0.813. The van der Waals surface area contributed by atoms with Crippen LogP contribution in [0.5, 0.6) is 0 Å². The maximum atomic E-state index is 11.6. The number of nitrogens with zero attached hydrogens (tertiary/aromatic N) is 1. The minimum Gasteiger partial charge on any atom is -0.453 e. The molecule has 4 nitrogen and oxygen atoms in total. The number of methoxy groups -OCH3 is 1. The van der Waals surface area contributed by atoms with E-state index in [0.717, 1.165) is 6.42 Å². The van der Waals surface area contributed by atoms with E-state index in [1.807, 2.05) is 0 Å². The van der Waals surface area contributed by atoms with Crippen molar-refractivity contribution in [2.24, 2.45) is 0 Å². The van der Waals surface area contributed by atoms with E-state index in [0.29, 0.717) is 29.7 Å². The molecule has 5 heteroatoms. The molecule has 1 atom stereocenters. The smallest absolute Gasteiger partial charge is 0.409 e. The minimum absolute atomic E-state index is 0.133. The molecule has 0 N–H and O–H groups in total. The minimum atomic E-state index is -1.87. The van der Waals surface area contributed by atoms with Crippen molar-refractivity contribution < 1.29 is 14.0 Å². The number of ether oxygens (including phenoxy) is 1. The molecule has 0 aliphatic carbocycles. The Morgan fingerprint density at radius 3 is 1.96 bits per heavy atom. The van der Waals surface area contributed by atoms with E-state index in [-0.39, 0.29) is 12.2 Å². The quantitative estimate of drug-likeness (QED) is 0.506. The van der Waals surface area contributed by atoms with Gasteiger partial charge >= 0.3 is 6.09 Å². The molecule has 0 aromatic rings. The van der Waals surface area contributed by atoms with Crippen molar-refractivity contribution in [2.45, 2.75) is 77.6 Å². The van der Waals surface area contributed by atoms with Gasteiger partial charge in [0.2, 0.25) is 8.32 Å². The Kier molecular flexibility index (Phi) is 7.33. The van der Waals surface area contributed by atoms with Crippen LogP contribution in [0.15, 0.2) is 11.6 Å². The van der Waals surface area contributed by atoms with Gasteiger partial charge in [-0.05, 0) is 35.5 Å². The van der Waals surface area contributed by atoms with Crippen LogP contribution >= 0.6 is 0 Å². The second-order valence-electron chi connectivity index (χ2n) is 7.52. The second kappa shape index (κ2) is 8.33. The van der Waals surface area contributed by atoms with Crippen LogP contribution in [0.4, 0.5) is 4.79 Å². The van der Waals surface area contributed by atoms with Gasteiger partial charge < -0.3 is 14.1 Å². The van der Waals surface area contributed by atoms with Gasteiger partial charge in [0.25, 0.3) is 0 Å². The topological polar surface area (TPSA) is 38.8 Å². The summed E-state index contributed by atoms with van der Waals surface area (Å²) in [5.41, 5.74) is 3.08. The summed E-state index contributed by atoms with van der Waals surface area (Å²) in [4.78, 5) is 13.3. The molecule has 1 unspecified atom stereocenters. The van der Waals surface area contributed by atoms with Crippen molar-refractivity contribution in [2.75, 3.05) is 20.2 Å². The molecule has 0 aromatic carbocycles. The predicted molar refractivity (Wildman–Crippen MR) is 98.3 cm³/mol. The van der Waals surface area contributed by atoms with E-state index < -0.39 is 8.32 Å². The Labute approximate surface area is 143 Å². The first-order valence-corrected chi connectivity index (χ1v) is 11.0. The fourth-order valence-electron chi connectivity index (χ4n) is 4.14. The zero-order valence-electron chi connectivity index (χ0n) is 16.2. The van der Waals surface area contributed by atoms with Crippen LogP contribution in [-0.2, 0) is 9.16 Å². The molecule has 23 heavy (non-hydrogen) atoms. The molecule has 1 aliphatic heterocycles. The van der Waals surface area contributed by atoms with Crippen molar-refractivity contribution >= 4 is 14.4 Å². The van der Waals surface area contributed by atoms with Crippen molar-refractivity contribution in [1.29, 1.82) is 0 Å². The van der Waals surface area contributed by atoms with E-state index in [2.05, 4.69) is 54.5 Å². The summed E-state index contributed by atoms with van der Waals surface area (Å²) in [6, 6.07) is 0. The highest BCUT2D eigenvalue weighted by molar-refractivity contribution is 6.77. The van der Waals surface area contributed by atoms with Gasteiger partial charge in [-0.15, -0.1) is 0 Å². The first-order valence-electron chi connectivity index (χ1n) is 8.86. The molecule has 134 valence electrons. The maximum Gasteiger partial charge on any atom is 0.409 e. The highest BCUT2D eigenvalue weighted by Gasteiger charge is 2.46. The Balaban J connectivity index is 2.87. The van der Waals surface area contributed by atoms with Gasteiger partial charge in [0.15, 0.2) is 0 Å². The molecule has 0 fully saturated rings. The molecule has 1 rings (SSSR count). The summed E-state index contributed by atoms with van der Waals surface area (Å²) in [6.45, 7) is 17.4. The van der Waals surface area contributed by atoms with Gasteiger partial charge in [0, 0.05) is 13.1 Å². The number of hydrogen-bond acceptors (Lipinski definition) is 3. The highest BCUT2D eigenvalue weighted by atomic mass is 28.4. The lowest BCUT2D eigenvalue weighted by Crippen LogP contribution is -2.50. The largest absolute Gasteiger partial charge is 0.453 e. The molecule has 1 amide bonds. The number of hydrogen-bond donors (Lipinski definition) is 0. The third kappa shape index (κ3) is 4.38. The Bertz CT molecular complexity index is 410. The van der Waals surface area contributed by atoms with Crippen LogP contribution in [0, 0.1) is 0 Å². The summed E-state index contributed by atoms with van der Waals surface area (Å²) in [6.07, 6.45) is 2.90. The lowest BCUT2D eigenvalue weighted by atomic mass is 10.0. The van der Waals surface area contributed by atoms with Gasteiger partial charge in [0.1, 0.15) is 0 Å². The standard InChI is InChI=1S/C18H35NO3Si/c1-13(2)23(14(3)4,15(5)6)22-16(7)17-9-11-19(12-10-17)18(20)21-8/h9,13-16H,10-12H2,1-8H3. The van der Waals surface area contributed by atoms with E-state index in [9.17, 15) is 4.79 Å². The van der Waals surface area contributed by atoms with Crippen LogP contribution in [-0.4, -0.2) is 45.6 Å². The molecule has 0 saturated carbocycles. The maximum absolute atomic E-state index is 11.6. The molecule has 1 aliphatic rings. The number of carbonyl (C=O) groups excluding carboxylic acids is 1. The average molecular weight is 342 g/mol. The van der Waals surface area contributed by atoms with E-state index >= 15 is 0 Å². The SMILES string of the molecule is COC(=O)N1CC=C(C(C)O[Si](C(C)C)(C(C)C)C(C)C)CC1. The van der Waals surface area contributed by atoms with Gasteiger partial charge in [-0.25, -0.2) is 4.79 Å². The van der Waals surface area contributed by atoms with Crippen molar-refractivity contribution in [3.05, 3.63) is 11.6 Å². The summed E-state index contributed by atoms with van der Waals surface area (Å²) in [5.74, 6) is 0. The third-order valence-electron chi connectivity index (χ3n) is 5.29. The van der Waals surface area contributed by atoms with E-state index in [4.69, 9.17) is 9.16 Å². The number of rotatable bonds is 6. The van der Waals surface area contributed by atoms with Gasteiger partial charge in [-0.2, -0.15) is 0 Å². The van der Waals surface area contributed by atoms with Gasteiger partial charge in [-0.3, -0.25) is 0 Å². The summed E-state index contributed by atoms with van der Waals surface area (Å²) in [7, 11) is -0.435. The van der Waals surface area contributed by atoms with Crippen molar-refractivity contribution in [1.82, 2.24) is 4.90 Å². The first kappa shape index (κ1) is 20.2. The molecule has 0 spiro atoms. The molecular weight excluding hydrogens is 306 g/mol. The van der Waals surface area contributed by atoms with Crippen LogP contribution in [0.1, 0.15) is 54.9 Å². The Morgan fingerprint density at radius 2 is 1.61 bits per heavy atom. The summed E-state index contributed by atoms with van der Waals surface area (Å²) in [5, 5.41) is 0. The summed E-state index contributed by atoms with van der Waals surface area (Å²) < 4.78 is 11.6.